The lowest BCUT2D eigenvalue weighted by Crippen LogP contribution is -2.25. The van der Waals surface area contributed by atoms with Gasteiger partial charge in [-0.05, 0) is 30.3 Å². The number of hydrogen-bond acceptors (Lipinski definition) is 4. The first-order valence-corrected chi connectivity index (χ1v) is 7.63. The van der Waals surface area contributed by atoms with Gasteiger partial charge in [-0.15, -0.1) is 0 Å². The van der Waals surface area contributed by atoms with E-state index in [4.69, 9.17) is 0 Å². The number of nitrogens with one attached hydrogen (secondary N) is 1. The Morgan fingerprint density at radius 3 is 2.41 bits per heavy atom. The number of carbonyl (C=O) groups is 1. The van der Waals surface area contributed by atoms with Gasteiger partial charge in [-0.2, -0.15) is 23.0 Å². The molecule has 0 saturated heterocycles. The minimum Gasteiger partial charge on any atom is -0.505 e. The van der Waals surface area contributed by atoms with Gasteiger partial charge in [-0.25, -0.2) is 0 Å². The molecule has 0 aliphatic rings. The second-order valence-electron chi connectivity index (χ2n) is 5.50. The van der Waals surface area contributed by atoms with Crippen LogP contribution in [0.1, 0.15) is 16.1 Å². The number of carbonyl (C=O) groups excluding carboxylic acids is 1. The first kappa shape index (κ1) is 18.2. The molecule has 1 heterocycles. The van der Waals surface area contributed by atoms with Crippen LogP contribution in [0.25, 0.3) is 5.69 Å². The van der Waals surface area contributed by atoms with Crippen LogP contribution in [0, 0.1) is 0 Å². The number of aromatic nitrogens is 2. The molecule has 27 heavy (non-hydrogen) atoms. The highest BCUT2D eigenvalue weighted by Gasteiger charge is 2.30. The van der Waals surface area contributed by atoms with Crippen LogP contribution in [-0.4, -0.2) is 20.8 Å². The molecule has 3 aromatic rings. The summed E-state index contributed by atoms with van der Waals surface area (Å²) in [6.45, 7) is 0. The van der Waals surface area contributed by atoms with Crippen LogP contribution in [0.2, 0.25) is 0 Å². The van der Waals surface area contributed by atoms with Gasteiger partial charge in [0.1, 0.15) is 0 Å². The summed E-state index contributed by atoms with van der Waals surface area (Å²) in [5.74, 6) is -1.50. The number of nitrogens with zero attached hydrogens (tertiary/aromatic N) is 2. The van der Waals surface area contributed by atoms with Gasteiger partial charge in [0.2, 0.25) is 0 Å². The van der Waals surface area contributed by atoms with E-state index in [2.05, 4.69) is 10.4 Å². The van der Waals surface area contributed by atoms with E-state index in [9.17, 15) is 27.9 Å². The monoisotopic (exact) mass is 375 g/mol. The summed E-state index contributed by atoms with van der Waals surface area (Å²) in [6.07, 6.45) is -4.61. The van der Waals surface area contributed by atoms with Crippen LogP contribution < -0.4 is 10.9 Å². The first-order valence-electron chi connectivity index (χ1n) is 7.63. The molecule has 2 N–H and O–H groups in total. The Morgan fingerprint density at radius 2 is 1.74 bits per heavy atom. The van der Waals surface area contributed by atoms with Crippen molar-refractivity contribution < 1.29 is 23.1 Å². The summed E-state index contributed by atoms with van der Waals surface area (Å²) in [5, 5.41) is 16.1. The highest BCUT2D eigenvalue weighted by atomic mass is 19.4. The lowest BCUT2D eigenvalue weighted by atomic mass is 10.2. The summed E-state index contributed by atoms with van der Waals surface area (Å²) < 4.78 is 39.3. The van der Waals surface area contributed by atoms with Gasteiger partial charge in [0.15, 0.2) is 11.4 Å². The summed E-state index contributed by atoms with van der Waals surface area (Å²) in [5.41, 5.74) is -2.14. The fourth-order valence-corrected chi connectivity index (χ4v) is 2.32. The smallest absolute Gasteiger partial charge is 0.416 e. The molecule has 1 aromatic heterocycles. The van der Waals surface area contributed by atoms with Gasteiger partial charge >= 0.3 is 6.18 Å². The molecule has 138 valence electrons. The van der Waals surface area contributed by atoms with Gasteiger partial charge in [0, 0.05) is 11.8 Å². The molecule has 0 atom stereocenters. The molecule has 6 nitrogen and oxygen atoms in total. The van der Waals surface area contributed by atoms with Gasteiger partial charge in [0.25, 0.3) is 11.5 Å². The number of rotatable bonds is 3. The first-order chi connectivity index (χ1) is 12.8. The van der Waals surface area contributed by atoms with E-state index >= 15 is 0 Å². The Kier molecular flexibility index (Phi) is 4.68. The molecule has 2 aromatic carbocycles. The summed E-state index contributed by atoms with van der Waals surface area (Å²) in [4.78, 5) is 24.4. The third kappa shape index (κ3) is 3.97. The third-order valence-corrected chi connectivity index (χ3v) is 3.58. The molecule has 0 aliphatic heterocycles. The molecule has 0 aliphatic carbocycles. The number of amides is 1. The minimum absolute atomic E-state index is 0.191. The Labute approximate surface area is 150 Å². The number of para-hydroxylation sites is 1. The minimum atomic E-state index is -4.61. The van der Waals surface area contributed by atoms with Gasteiger partial charge in [-0.3, -0.25) is 9.59 Å². The number of hydrogen-bond donors (Lipinski definition) is 2. The van der Waals surface area contributed by atoms with Crippen molar-refractivity contribution >= 4 is 11.6 Å². The average molecular weight is 375 g/mol. The Morgan fingerprint density at radius 1 is 1.04 bits per heavy atom. The summed E-state index contributed by atoms with van der Waals surface area (Å²) in [7, 11) is 0. The zero-order valence-electron chi connectivity index (χ0n) is 13.6. The molecule has 0 bridgehead atoms. The molecule has 0 unspecified atom stereocenters. The van der Waals surface area contributed by atoms with Crippen molar-refractivity contribution in [3.05, 3.63) is 82.3 Å². The van der Waals surface area contributed by atoms with E-state index < -0.39 is 34.6 Å². The van der Waals surface area contributed by atoms with Crippen LogP contribution in [0.5, 0.6) is 5.75 Å². The van der Waals surface area contributed by atoms with Gasteiger partial charge in [-0.1, -0.05) is 24.3 Å². The number of benzene rings is 2. The number of halogens is 3. The maximum absolute atomic E-state index is 12.9. The molecule has 3 rings (SSSR count). The Balaban J connectivity index is 2.02. The van der Waals surface area contributed by atoms with Crippen molar-refractivity contribution in [3.8, 4) is 11.4 Å². The zero-order valence-corrected chi connectivity index (χ0v) is 13.6. The summed E-state index contributed by atoms with van der Waals surface area (Å²) >= 11 is 0. The Bertz CT molecular complexity index is 1050. The maximum Gasteiger partial charge on any atom is 0.416 e. The molecule has 1 amide bonds. The SMILES string of the molecule is O=C(Nc1ccccc1)c1nn(-c2cccc(C(F)(F)F)c2)c(=O)cc1O. The van der Waals surface area contributed by atoms with Crippen molar-refractivity contribution in [1.29, 1.82) is 0 Å². The predicted molar refractivity (Wildman–Crippen MR) is 90.9 cm³/mol. The fourth-order valence-electron chi connectivity index (χ4n) is 2.32. The van der Waals surface area contributed by atoms with E-state index in [1.54, 1.807) is 30.3 Å². The molecule has 0 radical (unpaired) electrons. The van der Waals surface area contributed by atoms with Crippen LogP contribution in [0.15, 0.2) is 65.5 Å². The van der Waals surface area contributed by atoms with Crippen molar-refractivity contribution in [1.82, 2.24) is 9.78 Å². The molecular weight excluding hydrogens is 363 g/mol. The van der Waals surface area contributed by atoms with E-state index in [1.807, 2.05) is 0 Å². The third-order valence-electron chi connectivity index (χ3n) is 3.58. The predicted octanol–water partition coefficient (Wildman–Crippen LogP) is 3.21. The quantitative estimate of drug-likeness (QED) is 0.736. The fraction of sp³-hybridized carbons (Fsp3) is 0.0556. The largest absolute Gasteiger partial charge is 0.505 e. The van der Waals surface area contributed by atoms with E-state index in [-0.39, 0.29) is 5.69 Å². The van der Waals surface area contributed by atoms with Gasteiger partial charge in [0.05, 0.1) is 11.3 Å². The summed E-state index contributed by atoms with van der Waals surface area (Å²) in [6, 6.07) is 12.9. The van der Waals surface area contributed by atoms with Crippen LogP contribution in [-0.2, 0) is 6.18 Å². The van der Waals surface area contributed by atoms with Crippen LogP contribution in [0.3, 0.4) is 0 Å². The Hall–Kier alpha value is -3.62. The number of aromatic hydroxyl groups is 1. The van der Waals surface area contributed by atoms with Crippen molar-refractivity contribution in [2.24, 2.45) is 0 Å². The van der Waals surface area contributed by atoms with E-state index in [0.717, 1.165) is 18.2 Å². The molecule has 9 heteroatoms. The molecular formula is C18H12F3N3O3. The standard InChI is InChI=1S/C18H12F3N3O3/c19-18(20,21)11-5-4-8-13(9-11)24-15(26)10-14(25)16(23-24)17(27)22-12-6-2-1-3-7-12/h1-10,25H,(H,22,27). The van der Waals surface area contributed by atoms with E-state index in [1.165, 1.54) is 6.07 Å². The second-order valence-corrected chi connectivity index (χ2v) is 5.50. The lowest BCUT2D eigenvalue weighted by molar-refractivity contribution is -0.137. The number of alkyl halides is 3. The van der Waals surface area contributed by atoms with Crippen LogP contribution in [0.4, 0.5) is 18.9 Å². The second kappa shape index (κ2) is 6.94. The lowest BCUT2D eigenvalue weighted by Gasteiger charge is -2.11. The molecule has 0 saturated carbocycles. The normalized spacial score (nSPS) is 11.2. The van der Waals surface area contributed by atoms with Crippen molar-refractivity contribution in [3.63, 3.8) is 0 Å². The topological polar surface area (TPSA) is 84.2 Å². The number of anilines is 1. The van der Waals surface area contributed by atoms with Gasteiger partial charge < -0.3 is 10.4 Å². The van der Waals surface area contributed by atoms with Crippen molar-refractivity contribution in [2.75, 3.05) is 5.32 Å². The van der Waals surface area contributed by atoms with Crippen LogP contribution >= 0.6 is 0 Å². The zero-order chi connectivity index (χ0) is 19.6. The van der Waals surface area contributed by atoms with Crippen molar-refractivity contribution in [2.45, 2.75) is 6.18 Å². The highest BCUT2D eigenvalue weighted by Crippen LogP contribution is 2.30. The molecule has 0 spiro atoms. The maximum atomic E-state index is 12.9. The highest BCUT2D eigenvalue weighted by molar-refractivity contribution is 6.04. The average Bonchev–Trinajstić information content (AvgIpc) is 2.62. The molecule has 0 fully saturated rings. The van der Waals surface area contributed by atoms with E-state index in [0.29, 0.717) is 16.4 Å².